The summed E-state index contributed by atoms with van der Waals surface area (Å²) < 4.78 is 7.43. The zero-order valence-electron chi connectivity index (χ0n) is 12.8. The highest BCUT2D eigenvalue weighted by Crippen LogP contribution is 2.60. The van der Waals surface area contributed by atoms with Gasteiger partial charge in [-0.15, -0.1) is 0 Å². The van der Waals surface area contributed by atoms with Crippen molar-refractivity contribution in [1.82, 2.24) is 4.57 Å². The van der Waals surface area contributed by atoms with Gasteiger partial charge in [0, 0.05) is 19.3 Å². The van der Waals surface area contributed by atoms with Crippen molar-refractivity contribution in [1.29, 1.82) is 0 Å². The molecule has 0 spiro atoms. The van der Waals surface area contributed by atoms with E-state index in [1.165, 1.54) is 27.8 Å². The molecule has 0 radical (unpaired) electrons. The van der Waals surface area contributed by atoms with Crippen molar-refractivity contribution in [2.45, 2.75) is 37.9 Å². The molecule has 2 amide bonds. The molecule has 6 heteroatoms. The molecular formula is C16H18N2O4. The number of aromatic nitrogens is 1. The molecule has 0 saturated carbocycles. The maximum absolute atomic E-state index is 12.9. The Hall–Kier alpha value is -1.95. The van der Waals surface area contributed by atoms with Crippen molar-refractivity contribution in [2.24, 2.45) is 18.9 Å². The minimum absolute atomic E-state index is 0.176. The van der Waals surface area contributed by atoms with Gasteiger partial charge < -0.3 is 9.30 Å². The highest BCUT2D eigenvalue weighted by atomic mass is 16.5. The molecule has 0 aromatic carbocycles. The van der Waals surface area contributed by atoms with Gasteiger partial charge in [-0.2, -0.15) is 0 Å². The summed E-state index contributed by atoms with van der Waals surface area (Å²) in [6.07, 6.45) is 3.13. The van der Waals surface area contributed by atoms with E-state index in [1.807, 2.05) is 13.8 Å². The number of aryl methyl sites for hydroxylation is 1. The van der Waals surface area contributed by atoms with Crippen LogP contribution < -0.4 is 10.5 Å². The first-order valence-corrected chi connectivity index (χ1v) is 7.51. The fourth-order valence-electron chi connectivity index (χ4n) is 4.43. The van der Waals surface area contributed by atoms with Gasteiger partial charge in [0.25, 0.3) is 0 Å². The van der Waals surface area contributed by atoms with E-state index in [-0.39, 0.29) is 17.4 Å². The van der Waals surface area contributed by atoms with Crippen molar-refractivity contribution >= 4 is 17.5 Å². The van der Waals surface area contributed by atoms with Gasteiger partial charge in [-0.1, -0.05) is 0 Å². The SMILES string of the molecule is Cn1cc(N2C(=O)[C@@H]3[C@H](C2=O)[C@@]2(C)CC[C@]3(C)O2)ccc1=O. The number of hydrogen-bond acceptors (Lipinski definition) is 4. The molecular weight excluding hydrogens is 284 g/mol. The minimum atomic E-state index is -0.554. The molecule has 3 fully saturated rings. The van der Waals surface area contributed by atoms with Gasteiger partial charge in [-0.3, -0.25) is 14.4 Å². The van der Waals surface area contributed by atoms with Crippen molar-refractivity contribution in [3.05, 3.63) is 28.7 Å². The van der Waals surface area contributed by atoms with Gasteiger partial charge in [0.2, 0.25) is 17.4 Å². The molecule has 4 heterocycles. The lowest BCUT2D eigenvalue weighted by molar-refractivity contribution is -0.129. The second-order valence-corrected chi connectivity index (χ2v) is 7.03. The van der Waals surface area contributed by atoms with Gasteiger partial charge in [-0.05, 0) is 32.8 Å². The highest BCUT2D eigenvalue weighted by Gasteiger charge is 2.72. The van der Waals surface area contributed by atoms with Crippen LogP contribution in [-0.4, -0.2) is 27.6 Å². The van der Waals surface area contributed by atoms with E-state index in [0.717, 1.165) is 12.8 Å². The summed E-state index contributed by atoms with van der Waals surface area (Å²) in [4.78, 5) is 38.5. The number of anilines is 1. The lowest BCUT2D eigenvalue weighted by Crippen LogP contribution is -2.40. The number of pyridine rings is 1. The maximum atomic E-state index is 12.9. The zero-order valence-corrected chi connectivity index (χ0v) is 12.8. The van der Waals surface area contributed by atoms with Crippen LogP contribution in [0.2, 0.25) is 0 Å². The number of carbonyl (C=O) groups is 2. The first kappa shape index (κ1) is 13.7. The molecule has 3 saturated heterocycles. The fourth-order valence-corrected chi connectivity index (χ4v) is 4.43. The van der Waals surface area contributed by atoms with Crippen molar-refractivity contribution in [3.63, 3.8) is 0 Å². The molecule has 4 rings (SSSR count). The molecule has 116 valence electrons. The molecule has 0 aliphatic carbocycles. The summed E-state index contributed by atoms with van der Waals surface area (Å²) in [5, 5.41) is 0. The summed E-state index contributed by atoms with van der Waals surface area (Å²) in [7, 11) is 1.60. The van der Waals surface area contributed by atoms with E-state index in [1.54, 1.807) is 7.05 Å². The van der Waals surface area contributed by atoms with Crippen LogP contribution in [0.1, 0.15) is 26.7 Å². The van der Waals surface area contributed by atoms with Gasteiger partial charge in [-0.25, -0.2) is 4.90 Å². The van der Waals surface area contributed by atoms with Gasteiger partial charge in [0.1, 0.15) is 0 Å². The van der Waals surface area contributed by atoms with Crippen LogP contribution in [0.3, 0.4) is 0 Å². The number of amides is 2. The molecule has 0 unspecified atom stereocenters. The molecule has 1 aromatic rings. The van der Waals surface area contributed by atoms with Gasteiger partial charge >= 0.3 is 0 Å². The van der Waals surface area contributed by atoms with Crippen LogP contribution in [0.25, 0.3) is 0 Å². The average Bonchev–Trinajstić information content (AvgIpc) is 2.99. The highest BCUT2D eigenvalue weighted by molar-refractivity contribution is 6.23. The largest absolute Gasteiger partial charge is 0.367 e. The summed E-state index contributed by atoms with van der Waals surface area (Å²) in [6.45, 7) is 3.86. The summed E-state index contributed by atoms with van der Waals surface area (Å²) in [5.74, 6) is -1.26. The molecule has 3 aliphatic heterocycles. The average molecular weight is 302 g/mol. The monoisotopic (exact) mass is 302 g/mol. The Morgan fingerprint density at radius 2 is 1.59 bits per heavy atom. The standard InChI is InChI=1S/C16H18N2O4/c1-15-6-7-16(2,22-15)12-11(15)13(20)18(14(12)21)9-4-5-10(19)17(3)8-9/h4-5,8,11-12H,6-7H2,1-3H3/t11-,12+,15-,16+. The third kappa shape index (κ3) is 1.46. The molecule has 6 nitrogen and oxygen atoms in total. The number of rotatable bonds is 1. The Kier molecular flexibility index (Phi) is 2.41. The summed E-state index contributed by atoms with van der Waals surface area (Å²) >= 11 is 0. The Morgan fingerprint density at radius 3 is 2.09 bits per heavy atom. The number of nitrogens with zero attached hydrogens (tertiary/aromatic N) is 2. The van der Waals surface area contributed by atoms with Crippen molar-refractivity contribution < 1.29 is 14.3 Å². The number of fused-ring (bicyclic) bond motifs is 5. The molecule has 3 aliphatic rings. The Labute approximate surface area is 127 Å². The summed E-state index contributed by atoms with van der Waals surface area (Å²) in [5.41, 5.74) is -0.827. The lowest BCUT2D eigenvalue weighted by Gasteiger charge is -2.27. The minimum Gasteiger partial charge on any atom is -0.367 e. The number of carbonyl (C=O) groups excluding carboxylic acids is 2. The summed E-state index contributed by atoms with van der Waals surface area (Å²) in [6, 6.07) is 2.91. The topological polar surface area (TPSA) is 68.6 Å². The van der Waals surface area contributed by atoms with E-state index < -0.39 is 23.0 Å². The molecule has 0 N–H and O–H groups in total. The van der Waals surface area contributed by atoms with Crippen LogP contribution in [0.4, 0.5) is 5.69 Å². The number of ether oxygens (including phenoxy) is 1. The Bertz CT molecular complexity index is 736. The first-order valence-electron chi connectivity index (χ1n) is 7.51. The predicted molar refractivity (Wildman–Crippen MR) is 78.3 cm³/mol. The first-order chi connectivity index (χ1) is 10.3. The zero-order chi connectivity index (χ0) is 15.9. The second-order valence-electron chi connectivity index (χ2n) is 7.03. The Morgan fingerprint density at radius 1 is 1.05 bits per heavy atom. The smallest absolute Gasteiger partial charge is 0.250 e. The normalized spacial score (nSPS) is 39.7. The maximum Gasteiger partial charge on any atom is 0.250 e. The van der Waals surface area contributed by atoms with E-state index in [4.69, 9.17) is 4.74 Å². The van der Waals surface area contributed by atoms with E-state index >= 15 is 0 Å². The van der Waals surface area contributed by atoms with E-state index in [9.17, 15) is 14.4 Å². The predicted octanol–water partition coefficient (Wildman–Crippen LogP) is 0.832. The van der Waals surface area contributed by atoms with Crippen LogP contribution in [0.5, 0.6) is 0 Å². The number of imide groups is 1. The molecule has 4 atom stereocenters. The van der Waals surface area contributed by atoms with Crippen LogP contribution in [0.15, 0.2) is 23.1 Å². The van der Waals surface area contributed by atoms with Crippen molar-refractivity contribution in [3.8, 4) is 0 Å². The quantitative estimate of drug-likeness (QED) is 0.721. The van der Waals surface area contributed by atoms with Crippen LogP contribution >= 0.6 is 0 Å². The van der Waals surface area contributed by atoms with Crippen molar-refractivity contribution in [2.75, 3.05) is 4.90 Å². The van der Waals surface area contributed by atoms with Crippen LogP contribution in [-0.2, 0) is 21.4 Å². The van der Waals surface area contributed by atoms with E-state index in [0.29, 0.717) is 5.69 Å². The van der Waals surface area contributed by atoms with E-state index in [2.05, 4.69) is 0 Å². The fraction of sp³-hybridized carbons (Fsp3) is 0.562. The van der Waals surface area contributed by atoms with Crippen LogP contribution in [0, 0.1) is 11.8 Å². The second kappa shape index (κ2) is 3.87. The van der Waals surface area contributed by atoms with Gasteiger partial charge in [0.05, 0.1) is 28.7 Å². The molecule has 1 aromatic heterocycles. The molecule has 2 bridgehead atoms. The Balaban J connectivity index is 1.81. The third-order valence-electron chi connectivity index (χ3n) is 5.53. The third-order valence-corrected chi connectivity index (χ3v) is 5.53. The van der Waals surface area contributed by atoms with Gasteiger partial charge in [0.15, 0.2) is 0 Å². The lowest BCUT2D eigenvalue weighted by atomic mass is 9.69. The number of hydrogen-bond donors (Lipinski definition) is 0. The molecule has 22 heavy (non-hydrogen) atoms.